The Labute approximate surface area is 132 Å². The summed E-state index contributed by atoms with van der Waals surface area (Å²) in [4.78, 5) is 22.3. The normalized spacial score (nSPS) is 10.9. The summed E-state index contributed by atoms with van der Waals surface area (Å²) < 4.78 is 6.35. The Morgan fingerprint density at radius 2 is 2.10 bits per heavy atom. The van der Waals surface area contributed by atoms with Crippen LogP contribution in [0.4, 0.5) is 0 Å². The average Bonchev–Trinajstić information content (AvgIpc) is 2.33. The molecule has 0 heterocycles. The van der Waals surface area contributed by atoms with E-state index in [4.69, 9.17) is 9.84 Å². The summed E-state index contributed by atoms with van der Waals surface area (Å²) in [6, 6.07) is 3.62. The van der Waals surface area contributed by atoms with Crippen LogP contribution in [0.1, 0.15) is 25.0 Å². The van der Waals surface area contributed by atoms with Gasteiger partial charge in [0, 0.05) is 22.2 Å². The van der Waals surface area contributed by atoms with Gasteiger partial charge in [0.05, 0.1) is 0 Å². The van der Waals surface area contributed by atoms with Gasteiger partial charge in [0.15, 0.2) is 6.61 Å². The zero-order chi connectivity index (χ0) is 16.0. The minimum Gasteiger partial charge on any atom is -0.483 e. The molecule has 0 radical (unpaired) electrons. The van der Waals surface area contributed by atoms with Crippen molar-refractivity contribution in [3.63, 3.8) is 0 Å². The molecule has 0 fully saturated rings. The second kappa shape index (κ2) is 7.83. The lowest BCUT2D eigenvalue weighted by atomic mass is 10.1. The van der Waals surface area contributed by atoms with Crippen LogP contribution in [-0.2, 0) is 9.59 Å². The lowest BCUT2D eigenvalue weighted by molar-refractivity contribution is -0.131. The van der Waals surface area contributed by atoms with E-state index < -0.39 is 5.97 Å². The summed E-state index contributed by atoms with van der Waals surface area (Å²) >= 11 is 3.35. The third-order valence-corrected chi connectivity index (χ3v) is 2.93. The Kier molecular flexibility index (Phi) is 6.42. The van der Waals surface area contributed by atoms with Gasteiger partial charge in [0.25, 0.3) is 5.91 Å². The van der Waals surface area contributed by atoms with Gasteiger partial charge in [-0.3, -0.25) is 4.79 Å². The minimum absolute atomic E-state index is 0.0403. The molecular formula is C15H18BrNO4. The van der Waals surface area contributed by atoms with E-state index in [0.717, 1.165) is 16.1 Å². The quantitative estimate of drug-likeness (QED) is 0.769. The van der Waals surface area contributed by atoms with E-state index in [0.29, 0.717) is 11.3 Å². The Balaban J connectivity index is 2.94. The van der Waals surface area contributed by atoms with E-state index in [1.807, 2.05) is 26.8 Å². The van der Waals surface area contributed by atoms with Gasteiger partial charge in [-0.15, -0.1) is 0 Å². The van der Waals surface area contributed by atoms with Gasteiger partial charge in [-0.05, 0) is 44.5 Å². The highest BCUT2D eigenvalue weighted by Crippen LogP contribution is 2.29. The number of halogens is 1. The Morgan fingerprint density at radius 1 is 1.43 bits per heavy atom. The van der Waals surface area contributed by atoms with E-state index in [-0.39, 0.29) is 18.6 Å². The van der Waals surface area contributed by atoms with Crippen LogP contribution < -0.4 is 10.1 Å². The fourth-order valence-corrected chi connectivity index (χ4v) is 2.33. The number of amides is 1. The van der Waals surface area contributed by atoms with E-state index in [1.54, 1.807) is 6.07 Å². The van der Waals surface area contributed by atoms with Crippen molar-refractivity contribution in [3.8, 4) is 5.75 Å². The molecule has 0 aliphatic rings. The van der Waals surface area contributed by atoms with Crippen molar-refractivity contribution >= 4 is 33.9 Å². The van der Waals surface area contributed by atoms with Gasteiger partial charge in [0.2, 0.25) is 0 Å². The first-order valence-corrected chi connectivity index (χ1v) is 7.22. The summed E-state index contributed by atoms with van der Waals surface area (Å²) in [6.45, 7) is 5.45. The number of aliphatic carboxylic acids is 1. The topological polar surface area (TPSA) is 75.6 Å². The van der Waals surface area contributed by atoms with Crippen LogP contribution in [0.2, 0.25) is 0 Å². The number of carboxylic acid groups (broad SMARTS) is 1. The first kappa shape index (κ1) is 17.2. The zero-order valence-corrected chi connectivity index (χ0v) is 13.7. The first-order valence-electron chi connectivity index (χ1n) is 6.43. The summed E-state index contributed by atoms with van der Waals surface area (Å²) in [5.74, 6) is -0.772. The van der Waals surface area contributed by atoms with Gasteiger partial charge < -0.3 is 15.2 Å². The van der Waals surface area contributed by atoms with Crippen LogP contribution in [0.5, 0.6) is 5.75 Å². The molecule has 0 saturated heterocycles. The number of aryl methyl sites for hydroxylation is 1. The second-order valence-electron chi connectivity index (χ2n) is 4.82. The standard InChI is InChI=1S/C15H18BrNO4/c1-9(2)17-13(18)8-21-15-10(3)6-12(16)7-11(15)4-5-14(19)20/h4-7,9H,8H2,1-3H3,(H,17,18)(H,19,20)/b5-4+. The molecule has 0 unspecified atom stereocenters. The van der Waals surface area contributed by atoms with Crippen molar-refractivity contribution < 1.29 is 19.4 Å². The molecule has 1 rings (SSSR count). The number of rotatable bonds is 6. The van der Waals surface area contributed by atoms with Gasteiger partial charge in [-0.2, -0.15) is 0 Å². The van der Waals surface area contributed by atoms with Gasteiger partial charge in [-0.1, -0.05) is 15.9 Å². The number of hydrogen-bond acceptors (Lipinski definition) is 3. The fraction of sp³-hybridized carbons (Fsp3) is 0.333. The molecule has 0 bridgehead atoms. The number of carbonyl (C=O) groups is 2. The monoisotopic (exact) mass is 355 g/mol. The van der Waals surface area contributed by atoms with E-state index in [1.165, 1.54) is 6.08 Å². The van der Waals surface area contributed by atoms with Crippen molar-refractivity contribution in [1.29, 1.82) is 0 Å². The fourth-order valence-electron chi connectivity index (χ4n) is 1.74. The molecule has 21 heavy (non-hydrogen) atoms. The largest absolute Gasteiger partial charge is 0.483 e. The van der Waals surface area contributed by atoms with E-state index in [9.17, 15) is 9.59 Å². The van der Waals surface area contributed by atoms with Crippen LogP contribution in [0.25, 0.3) is 6.08 Å². The van der Waals surface area contributed by atoms with Crippen molar-refractivity contribution in [1.82, 2.24) is 5.32 Å². The van der Waals surface area contributed by atoms with E-state index >= 15 is 0 Å². The highest BCUT2D eigenvalue weighted by Gasteiger charge is 2.10. The van der Waals surface area contributed by atoms with Gasteiger partial charge >= 0.3 is 5.97 Å². The van der Waals surface area contributed by atoms with Crippen LogP contribution in [0, 0.1) is 6.92 Å². The van der Waals surface area contributed by atoms with Crippen molar-refractivity contribution in [3.05, 3.63) is 33.8 Å². The van der Waals surface area contributed by atoms with Crippen molar-refractivity contribution in [2.24, 2.45) is 0 Å². The SMILES string of the molecule is Cc1cc(Br)cc(/C=C/C(=O)O)c1OCC(=O)NC(C)C. The molecule has 0 aliphatic heterocycles. The van der Waals surface area contributed by atoms with Crippen LogP contribution in [-0.4, -0.2) is 29.6 Å². The maximum atomic E-state index is 11.6. The average molecular weight is 356 g/mol. The zero-order valence-electron chi connectivity index (χ0n) is 12.1. The molecular weight excluding hydrogens is 338 g/mol. The molecule has 1 aromatic rings. The summed E-state index contributed by atoms with van der Waals surface area (Å²) in [5, 5.41) is 11.4. The Morgan fingerprint density at radius 3 is 2.67 bits per heavy atom. The third kappa shape index (κ3) is 5.99. The molecule has 0 spiro atoms. The number of ether oxygens (including phenoxy) is 1. The molecule has 1 amide bonds. The van der Waals surface area contributed by atoms with E-state index in [2.05, 4.69) is 21.2 Å². The minimum atomic E-state index is -1.05. The van der Waals surface area contributed by atoms with Crippen molar-refractivity contribution in [2.45, 2.75) is 26.8 Å². The van der Waals surface area contributed by atoms with Crippen molar-refractivity contribution in [2.75, 3.05) is 6.61 Å². The molecule has 2 N–H and O–H groups in total. The van der Waals surface area contributed by atoms with Crippen LogP contribution >= 0.6 is 15.9 Å². The lowest BCUT2D eigenvalue weighted by Crippen LogP contribution is -2.34. The predicted molar refractivity (Wildman–Crippen MR) is 84.3 cm³/mol. The molecule has 6 heteroatoms. The molecule has 5 nitrogen and oxygen atoms in total. The highest BCUT2D eigenvalue weighted by molar-refractivity contribution is 9.10. The summed E-state index contributed by atoms with van der Waals surface area (Å²) in [6.07, 6.45) is 2.47. The molecule has 0 saturated carbocycles. The summed E-state index contributed by atoms with van der Waals surface area (Å²) in [5.41, 5.74) is 1.41. The maximum Gasteiger partial charge on any atom is 0.328 e. The molecule has 1 aromatic carbocycles. The predicted octanol–water partition coefficient (Wildman–Crippen LogP) is 2.76. The highest BCUT2D eigenvalue weighted by atomic mass is 79.9. The molecule has 0 aliphatic carbocycles. The number of hydrogen-bond donors (Lipinski definition) is 2. The number of nitrogens with one attached hydrogen (secondary N) is 1. The Hall–Kier alpha value is -1.82. The number of carboxylic acids is 1. The third-order valence-electron chi connectivity index (χ3n) is 2.47. The molecule has 114 valence electrons. The maximum absolute atomic E-state index is 11.6. The Bertz CT molecular complexity index is 567. The number of benzene rings is 1. The summed E-state index contributed by atoms with van der Waals surface area (Å²) in [7, 11) is 0. The van der Waals surface area contributed by atoms with Crippen LogP contribution in [0.15, 0.2) is 22.7 Å². The second-order valence-corrected chi connectivity index (χ2v) is 5.74. The van der Waals surface area contributed by atoms with Gasteiger partial charge in [-0.25, -0.2) is 4.79 Å². The molecule has 0 aromatic heterocycles. The smallest absolute Gasteiger partial charge is 0.328 e. The lowest BCUT2D eigenvalue weighted by Gasteiger charge is -2.14. The molecule has 0 atom stereocenters. The van der Waals surface area contributed by atoms with Gasteiger partial charge in [0.1, 0.15) is 5.75 Å². The van der Waals surface area contributed by atoms with Crippen LogP contribution in [0.3, 0.4) is 0 Å². The number of carbonyl (C=O) groups excluding carboxylic acids is 1. The first-order chi connectivity index (χ1) is 9.79.